The fraction of sp³-hybridized carbons (Fsp3) is 0.0667. The van der Waals surface area contributed by atoms with Crippen LogP contribution in [0.25, 0.3) is 0 Å². The lowest BCUT2D eigenvalue weighted by atomic mass is 10.1. The Bertz CT molecular complexity index is 674. The van der Waals surface area contributed by atoms with E-state index in [1.807, 2.05) is 0 Å². The van der Waals surface area contributed by atoms with E-state index in [-0.39, 0.29) is 17.1 Å². The fourth-order valence-electron chi connectivity index (χ4n) is 2.22. The van der Waals surface area contributed by atoms with Crippen LogP contribution < -0.4 is 0 Å². The molecule has 3 rings (SSSR count). The lowest BCUT2D eigenvalue weighted by Gasteiger charge is -2.15. The van der Waals surface area contributed by atoms with Gasteiger partial charge in [0.2, 0.25) is 0 Å². The Morgan fingerprint density at radius 3 is 2.10 bits per heavy atom. The molecule has 5 heteroatoms. The predicted molar refractivity (Wildman–Crippen MR) is 72.1 cm³/mol. The maximum atomic E-state index is 13.8. The summed E-state index contributed by atoms with van der Waals surface area (Å²) in [5.74, 6) is -1.39. The average Bonchev–Trinajstić information content (AvgIpc) is 2.68. The predicted octanol–water partition coefficient (Wildman–Crippen LogP) is 3.28. The molecule has 1 heterocycles. The van der Waals surface area contributed by atoms with Gasteiger partial charge in [-0.2, -0.15) is 0 Å². The Hall–Kier alpha value is -2.20. The molecular weight excluding hydrogens is 281 g/mol. The molecule has 0 aliphatic carbocycles. The van der Waals surface area contributed by atoms with Crippen molar-refractivity contribution in [2.45, 2.75) is 6.54 Å². The van der Waals surface area contributed by atoms with Gasteiger partial charge in [-0.05, 0) is 24.3 Å². The highest BCUT2D eigenvalue weighted by atomic mass is 35.5. The van der Waals surface area contributed by atoms with Gasteiger partial charge in [0.15, 0.2) is 0 Å². The monoisotopic (exact) mass is 289 g/mol. The number of imide groups is 1. The second kappa shape index (κ2) is 4.72. The summed E-state index contributed by atoms with van der Waals surface area (Å²) < 4.78 is 13.8. The molecule has 0 saturated carbocycles. The molecule has 0 atom stereocenters. The molecule has 0 bridgehead atoms. The summed E-state index contributed by atoms with van der Waals surface area (Å²) >= 11 is 5.93. The molecule has 0 N–H and O–H groups in total. The zero-order valence-corrected chi connectivity index (χ0v) is 11.0. The van der Waals surface area contributed by atoms with Gasteiger partial charge in [0.1, 0.15) is 5.82 Å². The maximum Gasteiger partial charge on any atom is 0.261 e. The van der Waals surface area contributed by atoms with Crippen LogP contribution in [-0.2, 0) is 6.54 Å². The van der Waals surface area contributed by atoms with Crippen molar-refractivity contribution in [1.29, 1.82) is 0 Å². The minimum Gasteiger partial charge on any atom is -0.270 e. The molecule has 0 radical (unpaired) electrons. The minimum atomic E-state index is -0.533. The number of carbonyl (C=O) groups excluding carboxylic acids is 2. The third-order valence-electron chi connectivity index (χ3n) is 3.26. The number of amides is 2. The quantitative estimate of drug-likeness (QED) is 0.796. The van der Waals surface area contributed by atoms with E-state index in [1.54, 1.807) is 24.3 Å². The zero-order chi connectivity index (χ0) is 14.3. The number of hydrogen-bond donors (Lipinski definition) is 0. The number of carbonyl (C=O) groups is 2. The van der Waals surface area contributed by atoms with Crippen LogP contribution in [0.3, 0.4) is 0 Å². The zero-order valence-electron chi connectivity index (χ0n) is 10.3. The number of nitrogens with zero attached hydrogens (tertiary/aromatic N) is 1. The second-order valence-corrected chi connectivity index (χ2v) is 4.85. The van der Waals surface area contributed by atoms with Gasteiger partial charge in [0.25, 0.3) is 11.8 Å². The number of fused-ring (bicyclic) bond motifs is 1. The van der Waals surface area contributed by atoms with Crippen LogP contribution in [0.15, 0.2) is 42.5 Å². The van der Waals surface area contributed by atoms with Gasteiger partial charge in [0.05, 0.1) is 17.7 Å². The summed E-state index contributed by atoms with van der Waals surface area (Å²) in [6.45, 7) is -0.169. The van der Waals surface area contributed by atoms with Gasteiger partial charge in [-0.3, -0.25) is 14.5 Å². The topological polar surface area (TPSA) is 37.4 Å². The first-order valence-corrected chi connectivity index (χ1v) is 6.35. The third-order valence-corrected chi connectivity index (χ3v) is 3.61. The SMILES string of the molecule is O=C1c2ccccc2C(=O)N1Cc1c(F)cccc1Cl. The molecule has 0 spiro atoms. The molecular formula is C15H9ClFNO2. The van der Waals surface area contributed by atoms with Crippen molar-refractivity contribution >= 4 is 23.4 Å². The molecule has 2 aromatic carbocycles. The minimum absolute atomic E-state index is 0.142. The summed E-state index contributed by atoms with van der Waals surface area (Å²) in [5, 5.41) is 0.196. The van der Waals surface area contributed by atoms with Gasteiger partial charge in [0, 0.05) is 10.6 Å². The largest absolute Gasteiger partial charge is 0.270 e. The Balaban J connectivity index is 1.98. The van der Waals surface area contributed by atoms with E-state index in [0.29, 0.717) is 11.1 Å². The van der Waals surface area contributed by atoms with E-state index in [2.05, 4.69) is 0 Å². The van der Waals surface area contributed by atoms with Crippen LogP contribution in [0.5, 0.6) is 0 Å². The summed E-state index contributed by atoms with van der Waals surface area (Å²) in [7, 11) is 0. The van der Waals surface area contributed by atoms with E-state index in [9.17, 15) is 14.0 Å². The highest BCUT2D eigenvalue weighted by Gasteiger charge is 2.35. The van der Waals surface area contributed by atoms with E-state index in [1.165, 1.54) is 18.2 Å². The van der Waals surface area contributed by atoms with Gasteiger partial charge in [-0.25, -0.2) is 4.39 Å². The van der Waals surface area contributed by atoms with Crippen molar-refractivity contribution in [1.82, 2.24) is 4.90 Å². The number of rotatable bonds is 2. The molecule has 0 fully saturated rings. The smallest absolute Gasteiger partial charge is 0.261 e. The molecule has 0 unspecified atom stereocenters. The molecule has 2 aromatic rings. The van der Waals surface area contributed by atoms with Crippen LogP contribution in [0.1, 0.15) is 26.3 Å². The highest BCUT2D eigenvalue weighted by Crippen LogP contribution is 2.27. The van der Waals surface area contributed by atoms with Crippen molar-refractivity contribution in [2.24, 2.45) is 0 Å². The summed E-state index contributed by atoms with van der Waals surface area (Å²) in [4.78, 5) is 25.4. The van der Waals surface area contributed by atoms with Gasteiger partial charge in [-0.15, -0.1) is 0 Å². The van der Waals surface area contributed by atoms with E-state index in [4.69, 9.17) is 11.6 Å². The number of benzene rings is 2. The first-order valence-electron chi connectivity index (χ1n) is 5.97. The van der Waals surface area contributed by atoms with Crippen molar-refractivity contribution in [2.75, 3.05) is 0 Å². The third kappa shape index (κ3) is 1.89. The summed E-state index contributed by atoms with van der Waals surface area (Å²) in [6, 6.07) is 10.8. The Labute approximate surface area is 119 Å². The molecule has 0 aromatic heterocycles. The summed E-state index contributed by atoms with van der Waals surface area (Å²) in [6.07, 6.45) is 0. The standard InChI is InChI=1S/C15H9ClFNO2/c16-12-6-3-7-13(17)11(12)8-18-14(19)9-4-1-2-5-10(9)15(18)20/h1-7H,8H2. The van der Waals surface area contributed by atoms with Crippen LogP contribution in [0, 0.1) is 5.82 Å². The second-order valence-electron chi connectivity index (χ2n) is 4.44. The van der Waals surface area contributed by atoms with Gasteiger partial charge < -0.3 is 0 Å². The van der Waals surface area contributed by atoms with Crippen molar-refractivity contribution in [3.8, 4) is 0 Å². The molecule has 2 amide bonds. The fourth-order valence-corrected chi connectivity index (χ4v) is 2.45. The van der Waals surface area contributed by atoms with Crippen molar-refractivity contribution in [3.05, 3.63) is 70.0 Å². The first-order chi connectivity index (χ1) is 9.59. The van der Waals surface area contributed by atoms with Gasteiger partial charge in [-0.1, -0.05) is 29.8 Å². The van der Waals surface area contributed by atoms with Crippen molar-refractivity contribution < 1.29 is 14.0 Å². The molecule has 20 heavy (non-hydrogen) atoms. The lowest BCUT2D eigenvalue weighted by Crippen LogP contribution is -2.29. The van der Waals surface area contributed by atoms with Crippen LogP contribution >= 0.6 is 11.6 Å². The van der Waals surface area contributed by atoms with Crippen LogP contribution in [-0.4, -0.2) is 16.7 Å². The number of hydrogen-bond acceptors (Lipinski definition) is 2. The molecule has 0 saturated heterocycles. The molecule has 100 valence electrons. The Morgan fingerprint density at radius 2 is 1.55 bits per heavy atom. The van der Waals surface area contributed by atoms with Crippen LogP contribution in [0.2, 0.25) is 5.02 Å². The molecule has 3 nitrogen and oxygen atoms in total. The van der Waals surface area contributed by atoms with E-state index < -0.39 is 17.6 Å². The Kier molecular flexibility index (Phi) is 3.03. The Morgan fingerprint density at radius 1 is 0.950 bits per heavy atom. The van der Waals surface area contributed by atoms with Crippen LogP contribution in [0.4, 0.5) is 4.39 Å². The number of halogens is 2. The lowest BCUT2D eigenvalue weighted by molar-refractivity contribution is 0.0641. The molecule has 1 aliphatic rings. The van der Waals surface area contributed by atoms with Gasteiger partial charge >= 0.3 is 0 Å². The van der Waals surface area contributed by atoms with E-state index in [0.717, 1.165) is 4.90 Å². The molecule has 1 aliphatic heterocycles. The normalized spacial score (nSPS) is 13.8. The van der Waals surface area contributed by atoms with E-state index >= 15 is 0 Å². The van der Waals surface area contributed by atoms with Crippen molar-refractivity contribution in [3.63, 3.8) is 0 Å². The first kappa shape index (κ1) is 12.8. The summed E-state index contributed by atoms with van der Waals surface area (Å²) in [5.41, 5.74) is 0.818. The highest BCUT2D eigenvalue weighted by molar-refractivity contribution is 6.31. The maximum absolute atomic E-state index is 13.8. The average molecular weight is 290 g/mol.